The zero-order valence-corrected chi connectivity index (χ0v) is 12.7. The van der Waals surface area contributed by atoms with Gasteiger partial charge in [-0.2, -0.15) is 10.2 Å². The first kappa shape index (κ1) is 14.7. The number of nitrogens with one attached hydrogen (secondary N) is 1. The van der Waals surface area contributed by atoms with Crippen molar-refractivity contribution in [3.05, 3.63) is 29.8 Å². The van der Waals surface area contributed by atoms with Crippen molar-refractivity contribution in [3.63, 3.8) is 0 Å². The molecule has 110 valence electrons. The molecule has 0 saturated heterocycles. The predicted molar refractivity (Wildman–Crippen MR) is 74.6 cm³/mol. The Bertz CT molecular complexity index is 687. The zero-order chi connectivity index (χ0) is 14.8. The van der Waals surface area contributed by atoms with Crippen LogP contribution >= 0.6 is 0 Å². The Hall–Kier alpha value is -1.67. The number of aromatic nitrogens is 4. The van der Waals surface area contributed by atoms with Crippen LogP contribution in [0.2, 0.25) is 0 Å². The topological polar surface area (TPSA) is 81.8 Å². The van der Waals surface area contributed by atoms with Crippen molar-refractivity contribution >= 4 is 10.0 Å². The van der Waals surface area contributed by atoms with Gasteiger partial charge in [0.05, 0.1) is 17.9 Å². The van der Waals surface area contributed by atoms with Crippen LogP contribution in [0.3, 0.4) is 0 Å². The number of sulfonamides is 1. The second-order valence-corrected chi connectivity index (χ2v) is 6.16. The minimum atomic E-state index is -3.56. The van der Waals surface area contributed by atoms with E-state index in [0.717, 1.165) is 6.54 Å². The molecule has 0 aromatic carbocycles. The summed E-state index contributed by atoms with van der Waals surface area (Å²) >= 11 is 0. The Morgan fingerprint density at radius 2 is 1.90 bits per heavy atom. The van der Waals surface area contributed by atoms with E-state index in [1.165, 1.54) is 0 Å². The highest BCUT2D eigenvalue weighted by Crippen LogP contribution is 2.13. The SMILES string of the molecule is CCn1ccc(CNS(=O)(=O)c2cn(CC)nc2C)n1. The largest absolute Gasteiger partial charge is 0.273 e. The van der Waals surface area contributed by atoms with E-state index in [2.05, 4.69) is 14.9 Å². The van der Waals surface area contributed by atoms with Crippen molar-refractivity contribution in [1.29, 1.82) is 0 Å². The quantitative estimate of drug-likeness (QED) is 0.859. The van der Waals surface area contributed by atoms with Gasteiger partial charge in [0.15, 0.2) is 0 Å². The van der Waals surface area contributed by atoms with Gasteiger partial charge in [0.1, 0.15) is 4.90 Å². The number of aryl methyl sites for hydroxylation is 3. The fourth-order valence-electron chi connectivity index (χ4n) is 1.85. The van der Waals surface area contributed by atoms with E-state index >= 15 is 0 Å². The highest BCUT2D eigenvalue weighted by atomic mass is 32.2. The van der Waals surface area contributed by atoms with Gasteiger partial charge >= 0.3 is 0 Å². The molecule has 2 rings (SSSR count). The van der Waals surface area contributed by atoms with Crippen LogP contribution in [-0.4, -0.2) is 28.0 Å². The van der Waals surface area contributed by atoms with Crippen molar-refractivity contribution in [1.82, 2.24) is 24.3 Å². The second kappa shape index (κ2) is 5.76. The highest BCUT2D eigenvalue weighted by Gasteiger charge is 2.20. The van der Waals surface area contributed by atoms with Crippen LogP contribution in [0, 0.1) is 6.92 Å². The third-order valence-electron chi connectivity index (χ3n) is 2.98. The van der Waals surface area contributed by atoms with E-state index in [9.17, 15) is 8.42 Å². The summed E-state index contributed by atoms with van der Waals surface area (Å²) in [6.45, 7) is 7.14. The molecule has 0 spiro atoms. The number of hydrogen-bond donors (Lipinski definition) is 1. The maximum atomic E-state index is 12.2. The third kappa shape index (κ3) is 3.07. The smallest absolute Gasteiger partial charge is 0.244 e. The van der Waals surface area contributed by atoms with Gasteiger partial charge < -0.3 is 0 Å². The Morgan fingerprint density at radius 1 is 1.20 bits per heavy atom. The van der Waals surface area contributed by atoms with E-state index < -0.39 is 10.0 Å². The van der Waals surface area contributed by atoms with Crippen LogP contribution in [0.25, 0.3) is 0 Å². The van der Waals surface area contributed by atoms with Crippen molar-refractivity contribution in [2.24, 2.45) is 0 Å². The molecule has 0 fully saturated rings. The molecule has 20 heavy (non-hydrogen) atoms. The van der Waals surface area contributed by atoms with Crippen LogP contribution in [0.1, 0.15) is 25.2 Å². The predicted octanol–water partition coefficient (Wildman–Crippen LogP) is 0.906. The molecule has 2 heterocycles. The maximum Gasteiger partial charge on any atom is 0.244 e. The van der Waals surface area contributed by atoms with Gasteiger partial charge in [-0.1, -0.05) is 0 Å². The molecule has 1 N–H and O–H groups in total. The molecule has 2 aromatic heterocycles. The van der Waals surface area contributed by atoms with Crippen LogP contribution < -0.4 is 4.72 Å². The molecule has 0 aliphatic carbocycles. The lowest BCUT2D eigenvalue weighted by Gasteiger charge is -2.03. The van der Waals surface area contributed by atoms with Gasteiger partial charge in [-0.15, -0.1) is 0 Å². The lowest BCUT2D eigenvalue weighted by Crippen LogP contribution is -2.24. The number of rotatable bonds is 6. The molecule has 0 saturated carbocycles. The summed E-state index contributed by atoms with van der Waals surface area (Å²) in [6.07, 6.45) is 3.37. The maximum absolute atomic E-state index is 12.2. The normalized spacial score (nSPS) is 11.9. The third-order valence-corrected chi connectivity index (χ3v) is 4.48. The molecule has 2 aromatic rings. The molecule has 0 unspecified atom stereocenters. The minimum absolute atomic E-state index is 0.173. The summed E-state index contributed by atoms with van der Waals surface area (Å²) in [4.78, 5) is 0.217. The van der Waals surface area contributed by atoms with Crippen LogP contribution in [0.15, 0.2) is 23.4 Å². The standard InChI is InChI=1S/C12H19N5O2S/c1-4-16-7-6-11(15-16)8-13-20(18,19)12-9-17(5-2)14-10(12)3/h6-7,9,13H,4-5,8H2,1-3H3. The van der Waals surface area contributed by atoms with Gasteiger partial charge in [0, 0.05) is 25.5 Å². The second-order valence-electron chi connectivity index (χ2n) is 4.42. The Kier molecular flexibility index (Phi) is 4.24. The lowest BCUT2D eigenvalue weighted by molar-refractivity contribution is 0.577. The van der Waals surface area contributed by atoms with Gasteiger partial charge in [-0.25, -0.2) is 13.1 Å². The van der Waals surface area contributed by atoms with E-state index in [1.807, 2.05) is 20.0 Å². The summed E-state index contributed by atoms with van der Waals surface area (Å²) in [5.74, 6) is 0. The number of nitrogens with zero attached hydrogens (tertiary/aromatic N) is 4. The van der Waals surface area contributed by atoms with Crippen molar-refractivity contribution < 1.29 is 8.42 Å². The Balaban J connectivity index is 2.12. The molecule has 0 bridgehead atoms. The fraction of sp³-hybridized carbons (Fsp3) is 0.500. The molecule has 8 heteroatoms. The summed E-state index contributed by atoms with van der Waals surface area (Å²) < 4.78 is 30.4. The average Bonchev–Trinajstić information content (AvgIpc) is 3.02. The Labute approximate surface area is 118 Å². The summed E-state index contributed by atoms with van der Waals surface area (Å²) in [5.41, 5.74) is 1.19. The van der Waals surface area contributed by atoms with Crippen LogP contribution in [-0.2, 0) is 29.7 Å². The molecule has 0 atom stereocenters. The first-order valence-corrected chi connectivity index (χ1v) is 8.00. The highest BCUT2D eigenvalue weighted by molar-refractivity contribution is 7.89. The first-order chi connectivity index (χ1) is 9.46. The summed E-state index contributed by atoms with van der Waals surface area (Å²) in [5, 5.41) is 8.38. The van der Waals surface area contributed by atoms with Gasteiger partial charge in [-0.3, -0.25) is 9.36 Å². The molecular formula is C12H19N5O2S. The lowest BCUT2D eigenvalue weighted by atomic mass is 10.4. The van der Waals surface area contributed by atoms with Gasteiger partial charge in [-0.05, 0) is 26.8 Å². The van der Waals surface area contributed by atoms with E-state index in [0.29, 0.717) is 17.9 Å². The van der Waals surface area contributed by atoms with Crippen molar-refractivity contribution in [3.8, 4) is 0 Å². The molecule has 0 aliphatic heterocycles. The molecular weight excluding hydrogens is 278 g/mol. The van der Waals surface area contributed by atoms with Crippen LogP contribution in [0.4, 0.5) is 0 Å². The van der Waals surface area contributed by atoms with Crippen LogP contribution in [0.5, 0.6) is 0 Å². The van der Waals surface area contributed by atoms with Crippen molar-refractivity contribution in [2.75, 3.05) is 0 Å². The van der Waals surface area contributed by atoms with E-state index in [1.54, 1.807) is 28.6 Å². The van der Waals surface area contributed by atoms with Crippen molar-refractivity contribution in [2.45, 2.75) is 45.3 Å². The minimum Gasteiger partial charge on any atom is -0.273 e. The molecule has 0 aliphatic rings. The summed E-state index contributed by atoms with van der Waals surface area (Å²) in [7, 11) is -3.56. The number of hydrogen-bond acceptors (Lipinski definition) is 4. The van der Waals surface area contributed by atoms with E-state index in [4.69, 9.17) is 0 Å². The zero-order valence-electron chi connectivity index (χ0n) is 11.9. The van der Waals surface area contributed by atoms with Gasteiger partial charge in [0.25, 0.3) is 0 Å². The average molecular weight is 297 g/mol. The molecule has 0 radical (unpaired) electrons. The first-order valence-electron chi connectivity index (χ1n) is 6.52. The van der Waals surface area contributed by atoms with E-state index in [-0.39, 0.29) is 11.4 Å². The fourth-order valence-corrected chi connectivity index (χ4v) is 3.03. The Morgan fingerprint density at radius 3 is 2.45 bits per heavy atom. The monoisotopic (exact) mass is 297 g/mol. The van der Waals surface area contributed by atoms with Gasteiger partial charge in [0.2, 0.25) is 10.0 Å². The molecule has 0 amide bonds. The summed E-state index contributed by atoms with van der Waals surface area (Å²) in [6, 6.07) is 1.80. The molecule has 7 nitrogen and oxygen atoms in total.